The monoisotopic (exact) mass is 431 g/mol. The Balaban J connectivity index is 1.35. The van der Waals surface area contributed by atoms with Crippen LogP contribution < -0.4 is 5.32 Å². The van der Waals surface area contributed by atoms with E-state index < -0.39 is 24.2 Å². The SMILES string of the molecule is CC(OCc1ccccc1)C(NC(=O)OCc1cccc2c1Cc1ccccc1-2)C(=O)O. The zero-order chi connectivity index (χ0) is 22.5. The van der Waals surface area contributed by atoms with Crippen molar-refractivity contribution in [3.63, 3.8) is 0 Å². The lowest BCUT2D eigenvalue weighted by Crippen LogP contribution is -2.48. The Morgan fingerprint density at radius 1 is 0.938 bits per heavy atom. The molecule has 164 valence electrons. The molecule has 6 nitrogen and oxygen atoms in total. The number of hydrogen-bond donors (Lipinski definition) is 2. The second-order valence-corrected chi connectivity index (χ2v) is 7.82. The molecule has 0 aromatic heterocycles. The topological polar surface area (TPSA) is 84.9 Å². The van der Waals surface area contributed by atoms with Crippen LogP contribution in [0.3, 0.4) is 0 Å². The Kier molecular flexibility index (Phi) is 6.52. The third-order valence-corrected chi connectivity index (χ3v) is 5.67. The van der Waals surface area contributed by atoms with E-state index >= 15 is 0 Å². The molecule has 2 N–H and O–H groups in total. The van der Waals surface area contributed by atoms with Crippen LogP contribution in [0.25, 0.3) is 11.1 Å². The fraction of sp³-hybridized carbons (Fsp3) is 0.231. The summed E-state index contributed by atoms with van der Waals surface area (Å²) in [4.78, 5) is 24.1. The van der Waals surface area contributed by atoms with Crippen LogP contribution in [0.15, 0.2) is 72.8 Å². The number of rotatable bonds is 8. The van der Waals surface area contributed by atoms with Crippen molar-refractivity contribution in [1.82, 2.24) is 5.32 Å². The Morgan fingerprint density at radius 2 is 1.66 bits per heavy atom. The zero-order valence-corrected chi connectivity index (χ0v) is 17.8. The van der Waals surface area contributed by atoms with E-state index in [9.17, 15) is 14.7 Å². The summed E-state index contributed by atoms with van der Waals surface area (Å²) in [5.41, 5.74) is 6.56. The molecular formula is C26H25NO5. The Hall–Kier alpha value is -3.64. The molecule has 4 rings (SSSR count). The van der Waals surface area contributed by atoms with Crippen LogP contribution in [0.1, 0.15) is 29.2 Å². The second-order valence-electron chi connectivity index (χ2n) is 7.82. The first-order valence-corrected chi connectivity index (χ1v) is 10.5. The number of hydrogen-bond acceptors (Lipinski definition) is 4. The highest BCUT2D eigenvalue weighted by molar-refractivity contribution is 5.81. The molecule has 2 unspecified atom stereocenters. The van der Waals surface area contributed by atoms with Gasteiger partial charge in [0.05, 0.1) is 12.7 Å². The molecule has 0 heterocycles. The highest BCUT2D eigenvalue weighted by Gasteiger charge is 2.28. The van der Waals surface area contributed by atoms with Crippen molar-refractivity contribution < 1.29 is 24.2 Å². The van der Waals surface area contributed by atoms with Gasteiger partial charge in [-0.05, 0) is 46.7 Å². The maximum Gasteiger partial charge on any atom is 0.408 e. The van der Waals surface area contributed by atoms with E-state index in [0.717, 1.165) is 28.7 Å². The normalized spacial score (nSPS) is 13.5. The van der Waals surface area contributed by atoms with Crippen LogP contribution >= 0.6 is 0 Å². The molecule has 0 fully saturated rings. The lowest BCUT2D eigenvalue weighted by molar-refractivity contribution is -0.143. The minimum Gasteiger partial charge on any atom is -0.480 e. The summed E-state index contributed by atoms with van der Waals surface area (Å²) in [5.74, 6) is -1.18. The number of carboxylic acid groups (broad SMARTS) is 1. The van der Waals surface area contributed by atoms with Gasteiger partial charge in [-0.2, -0.15) is 0 Å². The van der Waals surface area contributed by atoms with Crippen molar-refractivity contribution in [3.05, 3.63) is 95.1 Å². The van der Waals surface area contributed by atoms with Crippen molar-refractivity contribution >= 4 is 12.1 Å². The van der Waals surface area contributed by atoms with Gasteiger partial charge in [0.15, 0.2) is 6.04 Å². The third kappa shape index (κ3) is 4.81. The molecule has 0 aliphatic heterocycles. The smallest absolute Gasteiger partial charge is 0.408 e. The number of benzene rings is 3. The molecule has 1 amide bonds. The van der Waals surface area contributed by atoms with E-state index in [1.165, 1.54) is 11.1 Å². The molecular weight excluding hydrogens is 406 g/mol. The largest absolute Gasteiger partial charge is 0.480 e. The summed E-state index contributed by atoms with van der Waals surface area (Å²) in [7, 11) is 0. The fourth-order valence-electron chi connectivity index (χ4n) is 3.95. The highest BCUT2D eigenvalue weighted by atomic mass is 16.5. The Bertz CT molecular complexity index is 1110. The first-order valence-electron chi connectivity index (χ1n) is 10.5. The minimum atomic E-state index is -1.23. The highest BCUT2D eigenvalue weighted by Crippen LogP contribution is 2.38. The third-order valence-electron chi connectivity index (χ3n) is 5.67. The van der Waals surface area contributed by atoms with Crippen LogP contribution in [0, 0.1) is 0 Å². The van der Waals surface area contributed by atoms with Gasteiger partial charge in [0, 0.05) is 0 Å². The second kappa shape index (κ2) is 9.66. The number of carboxylic acids is 1. The van der Waals surface area contributed by atoms with E-state index in [4.69, 9.17) is 9.47 Å². The number of aliphatic carboxylic acids is 1. The Labute approximate surface area is 186 Å². The molecule has 3 aromatic rings. The summed E-state index contributed by atoms with van der Waals surface area (Å²) in [5, 5.41) is 12.0. The average molecular weight is 431 g/mol. The first-order chi connectivity index (χ1) is 15.5. The van der Waals surface area contributed by atoms with E-state index in [2.05, 4.69) is 23.5 Å². The number of carbonyl (C=O) groups is 2. The van der Waals surface area contributed by atoms with Crippen molar-refractivity contribution in [1.29, 1.82) is 0 Å². The van der Waals surface area contributed by atoms with Crippen molar-refractivity contribution in [2.45, 2.75) is 38.7 Å². The van der Waals surface area contributed by atoms with Crippen LogP contribution in [0.5, 0.6) is 0 Å². The molecule has 0 radical (unpaired) electrons. The lowest BCUT2D eigenvalue weighted by Gasteiger charge is -2.22. The van der Waals surface area contributed by atoms with Crippen LogP contribution in [-0.4, -0.2) is 29.3 Å². The summed E-state index contributed by atoms with van der Waals surface area (Å²) in [6.45, 7) is 1.93. The number of amides is 1. The molecule has 32 heavy (non-hydrogen) atoms. The van der Waals surface area contributed by atoms with E-state index in [1.807, 2.05) is 54.6 Å². The summed E-state index contributed by atoms with van der Waals surface area (Å²) in [6.07, 6.45) is -0.745. The van der Waals surface area contributed by atoms with Crippen LogP contribution in [0.4, 0.5) is 4.79 Å². The van der Waals surface area contributed by atoms with Gasteiger partial charge < -0.3 is 19.9 Å². The summed E-state index contributed by atoms with van der Waals surface area (Å²) >= 11 is 0. The van der Waals surface area contributed by atoms with Gasteiger partial charge in [-0.3, -0.25) is 0 Å². The summed E-state index contributed by atoms with van der Waals surface area (Å²) < 4.78 is 11.0. The number of carbonyl (C=O) groups excluding carboxylic acids is 1. The molecule has 1 aliphatic rings. The quantitative estimate of drug-likeness (QED) is 0.428. The van der Waals surface area contributed by atoms with Gasteiger partial charge in [0.2, 0.25) is 0 Å². The maximum absolute atomic E-state index is 12.4. The molecule has 2 atom stereocenters. The van der Waals surface area contributed by atoms with Gasteiger partial charge >= 0.3 is 12.1 Å². The van der Waals surface area contributed by atoms with Crippen LogP contribution in [-0.2, 0) is 33.9 Å². The van der Waals surface area contributed by atoms with Crippen LogP contribution in [0.2, 0.25) is 0 Å². The molecule has 0 spiro atoms. The van der Waals surface area contributed by atoms with E-state index in [0.29, 0.717) is 0 Å². The maximum atomic E-state index is 12.4. The van der Waals surface area contributed by atoms with E-state index in [1.54, 1.807) is 6.92 Å². The molecule has 3 aromatic carbocycles. The Morgan fingerprint density at radius 3 is 2.44 bits per heavy atom. The van der Waals surface area contributed by atoms with Crippen molar-refractivity contribution in [3.8, 4) is 11.1 Å². The number of ether oxygens (including phenoxy) is 2. The average Bonchev–Trinajstić information content (AvgIpc) is 3.19. The van der Waals surface area contributed by atoms with Gasteiger partial charge in [0.1, 0.15) is 6.61 Å². The van der Waals surface area contributed by atoms with Crippen molar-refractivity contribution in [2.75, 3.05) is 0 Å². The van der Waals surface area contributed by atoms with E-state index in [-0.39, 0.29) is 13.2 Å². The number of fused-ring (bicyclic) bond motifs is 3. The van der Waals surface area contributed by atoms with Gasteiger partial charge in [-0.15, -0.1) is 0 Å². The zero-order valence-electron chi connectivity index (χ0n) is 17.8. The number of nitrogens with one attached hydrogen (secondary N) is 1. The standard InChI is InChI=1S/C26H25NO5/c1-17(31-15-18-8-3-2-4-9-18)24(25(28)29)27-26(30)32-16-20-11-7-13-22-21-12-6-5-10-19(21)14-23(20)22/h2-13,17,24H,14-16H2,1H3,(H,27,30)(H,28,29). The number of alkyl carbamates (subject to hydrolysis) is 1. The van der Waals surface area contributed by atoms with Gasteiger partial charge in [-0.25, -0.2) is 9.59 Å². The molecule has 0 saturated carbocycles. The molecule has 1 aliphatic carbocycles. The predicted octanol–water partition coefficient (Wildman–Crippen LogP) is 4.54. The molecule has 0 saturated heterocycles. The van der Waals surface area contributed by atoms with Gasteiger partial charge in [0.25, 0.3) is 0 Å². The minimum absolute atomic E-state index is 0.0641. The lowest BCUT2D eigenvalue weighted by atomic mass is 10.0. The summed E-state index contributed by atoms with van der Waals surface area (Å²) in [6, 6.07) is 22.4. The molecule has 0 bridgehead atoms. The predicted molar refractivity (Wildman–Crippen MR) is 120 cm³/mol. The fourth-order valence-corrected chi connectivity index (χ4v) is 3.95. The molecule has 6 heteroatoms. The van der Waals surface area contributed by atoms with Gasteiger partial charge in [-0.1, -0.05) is 72.8 Å². The first kappa shape index (κ1) is 21.6. The van der Waals surface area contributed by atoms with Crippen molar-refractivity contribution in [2.24, 2.45) is 0 Å².